The molecule has 0 saturated carbocycles. The van der Waals surface area contributed by atoms with E-state index in [9.17, 15) is 9.59 Å². The number of benzene rings is 1. The van der Waals surface area contributed by atoms with Crippen molar-refractivity contribution in [3.8, 4) is 5.75 Å². The maximum Gasteiger partial charge on any atom is 0.336 e. The van der Waals surface area contributed by atoms with Crippen molar-refractivity contribution < 1.29 is 13.9 Å². The molecular formula is C21H17NO4. The summed E-state index contributed by atoms with van der Waals surface area (Å²) < 4.78 is 10.9. The van der Waals surface area contributed by atoms with Crippen LogP contribution in [0.2, 0.25) is 0 Å². The third-order valence-electron chi connectivity index (χ3n) is 3.80. The molecule has 0 atom stereocenters. The van der Waals surface area contributed by atoms with Crippen LogP contribution in [0.3, 0.4) is 0 Å². The number of carbonyl (C=O) groups excluding carboxylic acids is 1. The van der Waals surface area contributed by atoms with Crippen LogP contribution in [-0.2, 0) is 0 Å². The fourth-order valence-corrected chi connectivity index (χ4v) is 2.60. The van der Waals surface area contributed by atoms with Gasteiger partial charge in [-0.1, -0.05) is 18.7 Å². The van der Waals surface area contributed by atoms with Gasteiger partial charge >= 0.3 is 5.63 Å². The van der Waals surface area contributed by atoms with Gasteiger partial charge < -0.3 is 9.15 Å². The lowest BCUT2D eigenvalue weighted by molar-refractivity contribution is 0.104. The molecule has 0 fully saturated rings. The van der Waals surface area contributed by atoms with E-state index < -0.39 is 5.63 Å². The monoisotopic (exact) mass is 347 g/mol. The van der Waals surface area contributed by atoms with E-state index in [0.29, 0.717) is 11.1 Å². The third-order valence-corrected chi connectivity index (χ3v) is 3.80. The first-order chi connectivity index (χ1) is 12.6. The molecule has 0 aliphatic heterocycles. The summed E-state index contributed by atoms with van der Waals surface area (Å²) in [5.74, 6) is 0.0132. The molecule has 5 heteroatoms. The fourth-order valence-electron chi connectivity index (χ4n) is 2.60. The topological polar surface area (TPSA) is 69.4 Å². The molecule has 0 aliphatic rings. The summed E-state index contributed by atoms with van der Waals surface area (Å²) in [4.78, 5) is 28.7. The van der Waals surface area contributed by atoms with Gasteiger partial charge in [0.25, 0.3) is 0 Å². The molecule has 3 rings (SSSR count). The van der Waals surface area contributed by atoms with E-state index >= 15 is 0 Å². The number of nitrogens with zero attached hydrogens (tertiary/aromatic N) is 1. The molecule has 0 N–H and O–H groups in total. The number of allylic oxidation sites excluding steroid dienone is 1. The average molecular weight is 347 g/mol. The molecule has 2 aromatic heterocycles. The number of ketones is 1. The van der Waals surface area contributed by atoms with Crippen molar-refractivity contribution in [1.82, 2.24) is 4.98 Å². The predicted octanol–water partition coefficient (Wildman–Crippen LogP) is 3.96. The summed E-state index contributed by atoms with van der Waals surface area (Å²) in [5, 5.41) is 0.689. The van der Waals surface area contributed by atoms with Gasteiger partial charge in [0.15, 0.2) is 11.4 Å². The lowest BCUT2D eigenvalue weighted by Crippen LogP contribution is -2.06. The van der Waals surface area contributed by atoms with Crippen LogP contribution in [0.4, 0.5) is 0 Å². The Morgan fingerprint density at radius 1 is 1.35 bits per heavy atom. The van der Waals surface area contributed by atoms with Crippen LogP contribution in [0.25, 0.3) is 17.0 Å². The molecule has 0 radical (unpaired) electrons. The Morgan fingerprint density at radius 3 is 2.92 bits per heavy atom. The number of carbonyl (C=O) groups is 1. The Labute approximate surface area is 150 Å². The van der Waals surface area contributed by atoms with Crippen LogP contribution in [0, 0.1) is 6.92 Å². The molecule has 0 amide bonds. The smallest absolute Gasteiger partial charge is 0.336 e. The minimum absolute atomic E-state index is 0.213. The van der Waals surface area contributed by atoms with E-state index in [1.807, 2.05) is 6.07 Å². The minimum Gasteiger partial charge on any atom is -0.489 e. The zero-order valence-electron chi connectivity index (χ0n) is 14.3. The zero-order valence-corrected chi connectivity index (χ0v) is 14.3. The number of aryl methyl sites for hydroxylation is 1. The molecule has 5 nitrogen and oxygen atoms in total. The van der Waals surface area contributed by atoms with Crippen LogP contribution in [0.1, 0.15) is 21.5 Å². The van der Waals surface area contributed by atoms with Gasteiger partial charge in [-0.3, -0.25) is 9.78 Å². The van der Waals surface area contributed by atoms with Crippen LogP contribution < -0.4 is 10.4 Å². The quantitative estimate of drug-likeness (QED) is 0.292. The molecule has 0 saturated heterocycles. The van der Waals surface area contributed by atoms with Crippen molar-refractivity contribution in [3.63, 3.8) is 0 Å². The van der Waals surface area contributed by atoms with Gasteiger partial charge in [-0.25, -0.2) is 4.79 Å². The Morgan fingerprint density at radius 2 is 2.19 bits per heavy atom. The first-order valence-electron chi connectivity index (χ1n) is 8.03. The summed E-state index contributed by atoms with van der Waals surface area (Å²) >= 11 is 0. The number of hydrogen-bond donors (Lipinski definition) is 0. The molecule has 0 bridgehead atoms. The zero-order chi connectivity index (χ0) is 18.5. The second-order valence-corrected chi connectivity index (χ2v) is 5.65. The van der Waals surface area contributed by atoms with Crippen molar-refractivity contribution in [1.29, 1.82) is 0 Å². The fraction of sp³-hybridized carbons (Fsp3) is 0.0952. The van der Waals surface area contributed by atoms with Crippen molar-refractivity contribution >= 4 is 22.8 Å². The normalized spacial score (nSPS) is 11.0. The maximum atomic E-state index is 12.9. The predicted molar refractivity (Wildman–Crippen MR) is 101 cm³/mol. The summed E-state index contributed by atoms with van der Waals surface area (Å²) in [6, 6.07) is 8.48. The van der Waals surface area contributed by atoms with E-state index in [2.05, 4.69) is 11.6 Å². The Balaban J connectivity index is 2.14. The van der Waals surface area contributed by atoms with E-state index in [0.717, 1.165) is 11.1 Å². The van der Waals surface area contributed by atoms with Gasteiger partial charge in [-0.15, -0.1) is 0 Å². The Bertz CT molecular complexity index is 1050. The molecular weight excluding hydrogens is 330 g/mol. The highest BCUT2D eigenvalue weighted by molar-refractivity contribution is 6.15. The van der Waals surface area contributed by atoms with Gasteiger partial charge in [0.2, 0.25) is 0 Å². The summed E-state index contributed by atoms with van der Waals surface area (Å²) in [6.45, 7) is 5.64. The first-order valence-corrected chi connectivity index (χ1v) is 8.03. The standard InChI is InChI=1S/C21H17NO4/c1-3-11-25-18-9-7-16-14(2)12-19(24)26-21(16)20(18)17(23)8-6-15-5-4-10-22-13-15/h3-10,12-13H,1,11H2,2H3. The molecule has 2 heterocycles. The Hall–Kier alpha value is -3.47. The van der Waals surface area contributed by atoms with Gasteiger partial charge in [0, 0.05) is 23.8 Å². The number of fused-ring (bicyclic) bond motifs is 1. The van der Waals surface area contributed by atoms with Crippen LogP contribution in [0.5, 0.6) is 5.75 Å². The lowest BCUT2D eigenvalue weighted by Gasteiger charge is -2.11. The van der Waals surface area contributed by atoms with Crippen molar-refractivity contribution in [2.45, 2.75) is 6.92 Å². The van der Waals surface area contributed by atoms with Crippen molar-refractivity contribution in [3.05, 3.63) is 88.6 Å². The summed E-state index contributed by atoms with van der Waals surface area (Å²) in [5.41, 5.74) is 1.44. The number of pyridine rings is 1. The third kappa shape index (κ3) is 3.62. The maximum absolute atomic E-state index is 12.9. The van der Waals surface area contributed by atoms with E-state index in [4.69, 9.17) is 9.15 Å². The van der Waals surface area contributed by atoms with Crippen LogP contribution in [-0.4, -0.2) is 17.4 Å². The second kappa shape index (κ2) is 7.61. The summed E-state index contributed by atoms with van der Waals surface area (Å²) in [7, 11) is 0. The molecule has 1 aromatic carbocycles. The largest absolute Gasteiger partial charge is 0.489 e. The van der Waals surface area contributed by atoms with E-state index in [-0.39, 0.29) is 23.5 Å². The van der Waals surface area contributed by atoms with Crippen LogP contribution >= 0.6 is 0 Å². The van der Waals surface area contributed by atoms with Crippen molar-refractivity contribution in [2.75, 3.05) is 6.61 Å². The molecule has 0 spiro atoms. The molecule has 0 unspecified atom stereocenters. The molecule has 130 valence electrons. The number of rotatable bonds is 6. The SMILES string of the molecule is C=CCOc1ccc2c(C)cc(=O)oc2c1C(=O)C=Cc1cccnc1. The second-order valence-electron chi connectivity index (χ2n) is 5.65. The lowest BCUT2D eigenvalue weighted by atomic mass is 10.0. The Kier molecular flexibility index (Phi) is 5.08. The highest BCUT2D eigenvalue weighted by Gasteiger charge is 2.18. The van der Waals surface area contributed by atoms with E-state index in [1.54, 1.807) is 49.7 Å². The van der Waals surface area contributed by atoms with Gasteiger partial charge in [0.05, 0.1) is 0 Å². The number of ether oxygens (including phenoxy) is 1. The first kappa shape index (κ1) is 17.4. The summed E-state index contributed by atoms with van der Waals surface area (Å²) in [6.07, 6.45) is 7.94. The number of hydrogen-bond acceptors (Lipinski definition) is 5. The highest BCUT2D eigenvalue weighted by Crippen LogP contribution is 2.30. The van der Waals surface area contributed by atoms with Gasteiger partial charge in [-0.2, -0.15) is 0 Å². The van der Waals surface area contributed by atoms with Gasteiger partial charge in [0.1, 0.15) is 17.9 Å². The molecule has 26 heavy (non-hydrogen) atoms. The molecule has 3 aromatic rings. The number of aromatic nitrogens is 1. The van der Waals surface area contributed by atoms with E-state index in [1.165, 1.54) is 12.1 Å². The average Bonchev–Trinajstić information content (AvgIpc) is 2.64. The molecule has 0 aliphatic carbocycles. The van der Waals surface area contributed by atoms with Crippen LogP contribution in [0.15, 0.2) is 70.7 Å². The van der Waals surface area contributed by atoms with Gasteiger partial charge in [-0.05, 0) is 48.4 Å². The van der Waals surface area contributed by atoms with Crippen molar-refractivity contribution in [2.24, 2.45) is 0 Å². The highest BCUT2D eigenvalue weighted by atomic mass is 16.5. The minimum atomic E-state index is -0.513.